The zero-order valence-electron chi connectivity index (χ0n) is 15.0. The van der Waals surface area contributed by atoms with Crippen molar-refractivity contribution in [3.8, 4) is 11.3 Å². The van der Waals surface area contributed by atoms with Crippen molar-refractivity contribution in [2.45, 2.75) is 45.8 Å². The normalized spacial score (nSPS) is 16.6. The highest BCUT2D eigenvalue weighted by Gasteiger charge is 2.37. The highest BCUT2D eigenvalue weighted by Crippen LogP contribution is 2.46. The molecule has 2 N–H and O–H groups in total. The van der Waals surface area contributed by atoms with Crippen LogP contribution in [0.4, 0.5) is 4.39 Å². The maximum atomic E-state index is 13.6. The molecule has 0 aliphatic heterocycles. The van der Waals surface area contributed by atoms with E-state index >= 15 is 0 Å². The van der Waals surface area contributed by atoms with Crippen LogP contribution in [-0.2, 0) is 13.0 Å². The van der Waals surface area contributed by atoms with Gasteiger partial charge in [-0.25, -0.2) is 4.39 Å². The molecule has 2 heterocycles. The summed E-state index contributed by atoms with van der Waals surface area (Å²) >= 11 is 0. The number of H-pyrrole nitrogens is 1. The number of aromatic nitrogens is 4. The van der Waals surface area contributed by atoms with Gasteiger partial charge in [-0.3, -0.25) is 9.78 Å². The summed E-state index contributed by atoms with van der Waals surface area (Å²) in [7, 11) is 0. The van der Waals surface area contributed by atoms with Crippen LogP contribution >= 0.6 is 0 Å². The Morgan fingerprint density at radius 1 is 1.35 bits per heavy atom. The SMILES string of the molecule is C[C@@H](O)c1cc(F)ccc1-c1[nH]ncc1Cc1cnn(CC2(C)CC2)c1. The number of hydrogen-bond acceptors (Lipinski definition) is 3. The number of nitrogens with zero attached hydrogens (tertiary/aromatic N) is 3. The summed E-state index contributed by atoms with van der Waals surface area (Å²) in [6.07, 6.45) is 8.20. The Hall–Kier alpha value is -2.47. The third-order valence-electron chi connectivity index (χ3n) is 5.18. The van der Waals surface area contributed by atoms with Gasteiger partial charge in [0.25, 0.3) is 0 Å². The van der Waals surface area contributed by atoms with Gasteiger partial charge in [-0.05, 0) is 54.5 Å². The fraction of sp³-hybridized carbons (Fsp3) is 0.400. The molecule has 0 saturated heterocycles. The molecule has 4 rings (SSSR count). The lowest BCUT2D eigenvalue weighted by Gasteiger charge is -2.12. The van der Waals surface area contributed by atoms with E-state index in [0.29, 0.717) is 17.4 Å². The number of hydrogen-bond donors (Lipinski definition) is 2. The molecule has 1 aliphatic rings. The molecule has 5 nitrogen and oxygen atoms in total. The zero-order valence-corrected chi connectivity index (χ0v) is 15.0. The number of nitrogens with one attached hydrogen (secondary N) is 1. The van der Waals surface area contributed by atoms with Gasteiger partial charge in [0.05, 0.1) is 24.2 Å². The van der Waals surface area contributed by atoms with Crippen LogP contribution in [0.2, 0.25) is 0 Å². The molecule has 0 unspecified atom stereocenters. The van der Waals surface area contributed by atoms with Crippen LogP contribution in [0.5, 0.6) is 0 Å². The summed E-state index contributed by atoms with van der Waals surface area (Å²) in [5.74, 6) is -0.361. The van der Waals surface area contributed by atoms with E-state index in [1.807, 2.05) is 10.9 Å². The van der Waals surface area contributed by atoms with Gasteiger partial charge >= 0.3 is 0 Å². The van der Waals surface area contributed by atoms with Gasteiger partial charge in [-0.2, -0.15) is 10.2 Å². The minimum absolute atomic E-state index is 0.361. The monoisotopic (exact) mass is 354 g/mol. The first kappa shape index (κ1) is 17.0. The van der Waals surface area contributed by atoms with E-state index in [9.17, 15) is 9.50 Å². The number of aliphatic hydroxyl groups is 1. The molecule has 6 heteroatoms. The minimum atomic E-state index is -0.765. The molecule has 0 spiro atoms. The first-order valence-corrected chi connectivity index (χ1v) is 8.95. The zero-order chi connectivity index (χ0) is 18.3. The molecular weight excluding hydrogens is 331 g/mol. The van der Waals surface area contributed by atoms with E-state index in [4.69, 9.17) is 0 Å². The molecule has 2 aromatic heterocycles. The summed E-state index contributed by atoms with van der Waals surface area (Å²) in [4.78, 5) is 0. The van der Waals surface area contributed by atoms with Gasteiger partial charge in [0, 0.05) is 30.3 Å². The average molecular weight is 354 g/mol. The molecular formula is C20H23FN4O. The third kappa shape index (κ3) is 3.42. The molecule has 0 radical (unpaired) electrons. The number of benzene rings is 1. The Morgan fingerprint density at radius 3 is 2.88 bits per heavy atom. The molecule has 0 amide bonds. The standard InChI is InChI=1S/C20H23FN4O/c1-13(26)18-8-16(21)3-4-17(18)19-15(10-22-24-19)7-14-9-23-25(11-14)12-20(2)5-6-20/h3-4,8-11,13,26H,5-7,12H2,1-2H3,(H,22,24)/t13-/m1/s1. The predicted molar refractivity (Wildman–Crippen MR) is 97.0 cm³/mol. The Kier molecular flexibility index (Phi) is 4.15. The van der Waals surface area contributed by atoms with Crippen molar-refractivity contribution in [2.24, 2.45) is 5.41 Å². The van der Waals surface area contributed by atoms with Gasteiger partial charge < -0.3 is 5.11 Å². The quantitative estimate of drug-likeness (QED) is 0.706. The summed E-state index contributed by atoms with van der Waals surface area (Å²) in [5.41, 5.74) is 4.64. The molecule has 1 aliphatic carbocycles. The van der Waals surface area contributed by atoms with Gasteiger partial charge in [-0.15, -0.1) is 0 Å². The Balaban J connectivity index is 1.60. The molecule has 1 atom stereocenters. The van der Waals surface area contributed by atoms with Crippen LogP contribution in [0.25, 0.3) is 11.3 Å². The van der Waals surface area contributed by atoms with E-state index in [1.54, 1.807) is 19.2 Å². The fourth-order valence-electron chi connectivity index (χ4n) is 3.35. The molecule has 26 heavy (non-hydrogen) atoms. The smallest absolute Gasteiger partial charge is 0.123 e. The van der Waals surface area contributed by atoms with Crippen molar-refractivity contribution < 1.29 is 9.50 Å². The summed E-state index contributed by atoms with van der Waals surface area (Å²) in [6, 6.07) is 4.46. The first-order valence-electron chi connectivity index (χ1n) is 8.95. The number of aromatic amines is 1. The highest BCUT2D eigenvalue weighted by molar-refractivity contribution is 5.67. The predicted octanol–water partition coefficient (Wildman–Crippen LogP) is 3.86. The second-order valence-corrected chi connectivity index (χ2v) is 7.71. The summed E-state index contributed by atoms with van der Waals surface area (Å²) in [6.45, 7) is 4.88. The summed E-state index contributed by atoms with van der Waals surface area (Å²) in [5, 5.41) is 21.7. The highest BCUT2D eigenvalue weighted by atomic mass is 19.1. The van der Waals surface area contributed by atoms with Crippen molar-refractivity contribution in [1.29, 1.82) is 0 Å². The fourth-order valence-corrected chi connectivity index (χ4v) is 3.35. The summed E-state index contributed by atoms with van der Waals surface area (Å²) < 4.78 is 15.6. The maximum absolute atomic E-state index is 13.6. The van der Waals surface area contributed by atoms with E-state index < -0.39 is 6.10 Å². The van der Waals surface area contributed by atoms with Crippen molar-refractivity contribution in [2.75, 3.05) is 0 Å². The first-order chi connectivity index (χ1) is 12.4. The van der Waals surface area contributed by atoms with E-state index in [1.165, 1.54) is 25.0 Å². The van der Waals surface area contributed by atoms with Crippen molar-refractivity contribution in [3.63, 3.8) is 0 Å². The minimum Gasteiger partial charge on any atom is -0.389 e. The lowest BCUT2D eigenvalue weighted by Crippen LogP contribution is -2.07. The van der Waals surface area contributed by atoms with E-state index in [0.717, 1.165) is 28.9 Å². The lowest BCUT2D eigenvalue weighted by molar-refractivity contribution is 0.199. The molecule has 136 valence electrons. The van der Waals surface area contributed by atoms with Crippen LogP contribution in [0.3, 0.4) is 0 Å². The second-order valence-electron chi connectivity index (χ2n) is 7.71. The lowest BCUT2D eigenvalue weighted by atomic mass is 9.96. The molecule has 3 aromatic rings. The van der Waals surface area contributed by atoms with E-state index in [2.05, 4.69) is 28.4 Å². The molecule has 0 bridgehead atoms. The van der Waals surface area contributed by atoms with Crippen LogP contribution in [0, 0.1) is 11.2 Å². The topological polar surface area (TPSA) is 66.7 Å². The molecule has 1 fully saturated rings. The van der Waals surface area contributed by atoms with Crippen molar-refractivity contribution >= 4 is 0 Å². The third-order valence-corrected chi connectivity index (χ3v) is 5.18. The van der Waals surface area contributed by atoms with Crippen molar-refractivity contribution in [1.82, 2.24) is 20.0 Å². The van der Waals surface area contributed by atoms with Crippen LogP contribution in [-0.4, -0.2) is 25.1 Å². The van der Waals surface area contributed by atoms with E-state index in [-0.39, 0.29) is 5.82 Å². The Bertz CT molecular complexity index is 924. The van der Waals surface area contributed by atoms with Crippen LogP contribution in [0.15, 0.2) is 36.8 Å². The maximum Gasteiger partial charge on any atom is 0.123 e. The Labute approximate surface area is 151 Å². The second kappa shape index (κ2) is 6.36. The largest absolute Gasteiger partial charge is 0.389 e. The number of halogens is 1. The molecule has 1 saturated carbocycles. The van der Waals surface area contributed by atoms with Gasteiger partial charge in [0.1, 0.15) is 5.82 Å². The van der Waals surface area contributed by atoms with Crippen LogP contribution in [0.1, 0.15) is 49.5 Å². The van der Waals surface area contributed by atoms with Gasteiger partial charge in [-0.1, -0.05) is 6.92 Å². The average Bonchev–Trinajstić information content (AvgIpc) is 2.98. The van der Waals surface area contributed by atoms with Crippen LogP contribution < -0.4 is 0 Å². The number of aliphatic hydroxyl groups excluding tert-OH is 1. The van der Waals surface area contributed by atoms with Gasteiger partial charge in [0.2, 0.25) is 0 Å². The van der Waals surface area contributed by atoms with Gasteiger partial charge in [0.15, 0.2) is 0 Å². The van der Waals surface area contributed by atoms with Crippen molar-refractivity contribution in [3.05, 3.63) is 59.3 Å². The number of rotatable bonds is 6. The Morgan fingerprint density at radius 2 is 2.15 bits per heavy atom. The molecule has 1 aromatic carbocycles.